The second kappa shape index (κ2) is 7.04. The molecule has 104 valence electrons. The molecule has 0 aromatic carbocycles. The number of aliphatic carboxylic acids is 1. The summed E-state index contributed by atoms with van der Waals surface area (Å²) in [7, 11) is 0. The molecular formula is C12H16ClN3O3. The van der Waals surface area contributed by atoms with Crippen LogP contribution in [0.1, 0.15) is 37.2 Å². The maximum atomic E-state index is 12.2. The SMILES string of the molecule is CC(C)N(CCCC(=O)O)C(=O)c1cnc(Cl)cn1. The number of carbonyl (C=O) groups excluding carboxylic acids is 1. The third-order valence-corrected chi connectivity index (χ3v) is 2.71. The zero-order valence-corrected chi connectivity index (χ0v) is 11.6. The Kier molecular flexibility index (Phi) is 5.69. The molecule has 1 aromatic rings. The van der Waals surface area contributed by atoms with Gasteiger partial charge in [0.25, 0.3) is 5.91 Å². The summed E-state index contributed by atoms with van der Waals surface area (Å²) in [5, 5.41) is 8.83. The first-order chi connectivity index (χ1) is 8.91. The van der Waals surface area contributed by atoms with Gasteiger partial charge in [0, 0.05) is 19.0 Å². The van der Waals surface area contributed by atoms with Crippen molar-refractivity contribution in [1.82, 2.24) is 14.9 Å². The van der Waals surface area contributed by atoms with Gasteiger partial charge in [0.15, 0.2) is 0 Å². The predicted molar refractivity (Wildman–Crippen MR) is 70.1 cm³/mol. The van der Waals surface area contributed by atoms with Crippen LogP contribution in [0.25, 0.3) is 0 Å². The number of carbonyl (C=O) groups is 2. The fourth-order valence-corrected chi connectivity index (χ4v) is 1.66. The van der Waals surface area contributed by atoms with Crippen LogP contribution < -0.4 is 0 Å². The Bertz CT molecular complexity index is 448. The first-order valence-corrected chi connectivity index (χ1v) is 6.30. The number of halogens is 1. The number of amides is 1. The van der Waals surface area contributed by atoms with Crippen molar-refractivity contribution in [2.24, 2.45) is 0 Å². The van der Waals surface area contributed by atoms with E-state index in [-0.39, 0.29) is 29.2 Å². The number of hydrogen-bond donors (Lipinski definition) is 1. The molecule has 1 aromatic heterocycles. The van der Waals surface area contributed by atoms with Gasteiger partial charge in [-0.3, -0.25) is 9.59 Å². The minimum Gasteiger partial charge on any atom is -0.481 e. The predicted octanol–water partition coefficient (Wildman–Crippen LogP) is 1.85. The van der Waals surface area contributed by atoms with Gasteiger partial charge >= 0.3 is 5.97 Å². The zero-order valence-electron chi connectivity index (χ0n) is 10.8. The number of rotatable bonds is 6. The van der Waals surface area contributed by atoms with E-state index in [1.54, 1.807) is 4.90 Å². The van der Waals surface area contributed by atoms with Gasteiger partial charge in [-0.05, 0) is 20.3 Å². The fourth-order valence-electron chi connectivity index (χ4n) is 1.56. The molecule has 0 unspecified atom stereocenters. The van der Waals surface area contributed by atoms with Gasteiger partial charge in [-0.25, -0.2) is 9.97 Å². The second-order valence-electron chi connectivity index (χ2n) is 4.31. The van der Waals surface area contributed by atoms with Crippen LogP contribution in [-0.4, -0.2) is 44.4 Å². The lowest BCUT2D eigenvalue weighted by atomic mass is 10.2. The monoisotopic (exact) mass is 285 g/mol. The number of nitrogens with zero attached hydrogens (tertiary/aromatic N) is 3. The Balaban J connectivity index is 2.72. The summed E-state index contributed by atoms with van der Waals surface area (Å²) in [6, 6.07) is -0.0428. The minimum absolute atomic E-state index is 0.0306. The molecule has 0 fully saturated rings. The lowest BCUT2D eigenvalue weighted by Crippen LogP contribution is -2.38. The molecule has 19 heavy (non-hydrogen) atoms. The van der Waals surface area contributed by atoms with Crippen LogP contribution in [0.5, 0.6) is 0 Å². The maximum absolute atomic E-state index is 12.2. The van der Waals surface area contributed by atoms with Crippen LogP contribution >= 0.6 is 11.6 Å². The molecular weight excluding hydrogens is 270 g/mol. The van der Waals surface area contributed by atoms with Gasteiger partial charge in [-0.15, -0.1) is 0 Å². The summed E-state index contributed by atoms with van der Waals surface area (Å²) < 4.78 is 0. The van der Waals surface area contributed by atoms with E-state index >= 15 is 0 Å². The number of carboxylic acid groups (broad SMARTS) is 1. The first-order valence-electron chi connectivity index (χ1n) is 5.92. The van der Waals surface area contributed by atoms with Crippen molar-refractivity contribution in [2.45, 2.75) is 32.7 Å². The molecule has 0 bridgehead atoms. The van der Waals surface area contributed by atoms with Gasteiger partial charge in [0.2, 0.25) is 0 Å². The van der Waals surface area contributed by atoms with Crippen molar-refractivity contribution in [3.63, 3.8) is 0 Å². The molecule has 0 saturated carbocycles. The van der Waals surface area contributed by atoms with Crippen molar-refractivity contribution in [2.75, 3.05) is 6.54 Å². The van der Waals surface area contributed by atoms with Gasteiger partial charge < -0.3 is 10.0 Å². The van der Waals surface area contributed by atoms with E-state index in [0.717, 1.165) is 0 Å². The quantitative estimate of drug-likeness (QED) is 0.862. The van der Waals surface area contributed by atoms with Gasteiger partial charge in [-0.1, -0.05) is 11.6 Å². The van der Waals surface area contributed by atoms with Gasteiger partial charge in [-0.2, -0.15) is 0 Å². The molecule has 1 rings (SSSR count). The summed E-state index contributed by atoms with van der Waals surface area (Å²) in [6.07, 6.45) is 3.06. The van der Waals surface area contributed by atoms with E-state index in [1.807, 2.05) is 13.8 Å². The van der Waals surface area contributed by atoms with Crippen LogP contribution in [0, 0.1) is 0 Å². The molecule has 0 spiro atoms. The molecule has 0 radical (unpaired) electrons. The van der Waals surface area contributed by atoms with Crippen LogP contribution in [0.2, 0.25) is 5.15 Å². The first kappa shape index (κ1) is 15.4. The third kappa shape index (κ3) is 4.82. The largest absolute Gasteiger partial charge is 0.481 e. The molecule has 0 saturated heterocycles. The van der Waals surface area contributed by atoms with Crippen LogP contribution in [0.3, 0.4) is 0 Å². The molecule has 1 amide bonds. The summed E-state index contributed by atoms with van der Waals surface area (Å²) in [4.78, 5) is 32.0. The highest BCUT2D eigenvalue weighted by Crippen LogP contribution is 2.09. The maximum Gasteiger partial charge on any atom is 0.303 e. The average Bonchev–Trinajstić information content (AvgIpc) is 2.34. The Morgan fingerprint density at radius 2 is 2.05 bits per heavy atom. The molecule has 1 N–H and O–H groups in total. The summed E-state index contributed by atoms with van der Waals surface area (Å²) in [5.74, 6) is -1.15. The highest BCUT2D eigenvalue weighted by atomic mass is 35.5. The summed E-state index contributed by atoms with van der Waals surface area (Å²) in [6.45, 7) is 4.09. The van der Waals surface area contributed by atoms with Gasteiger partial charge in [0.1, 0.15) is 10.8 Å². The highest BCUT2D eigenvalue weighted by Gasteiger charge is 2.20. The zero-order chi connectivity index (χ0) is 14.4. The number of aromatic nitrogens is 2. The molecule has 6 nitrogen and oxygen atoms in total. The molecule has 1 heterocycles. The van der Waals surface area contributed by atoms with Crippen molar-refractivity contribution >= 4 is 23.5 Å². The van der Waals surface area contributed by atoms with Crippen molar-refractivity contribution in [3.05, 3.63) is 23.2 Å². The Morgan fingerprint density at radius 3 is 2.53 bits per heavy atom. The van der Waals surface area contributed by atoms with E-state index in [2.05, 4.69) is 9.97 Å². The number of carboxylic acids is 1. The minimum atomic E-state index is -0.873. The molecule has 0 aliphatic heterocycles. The molecule has 0 atom stereocenters. The van der Waals surface area contributed by atoms with E-state index in [0.29, 0.717) is 13.0 Å². The normalized spacial score (nSPS) is 10.5. The van der Waals surface area contributed by atoms with E-state index in [4.69, 9.17) is 16.7 Å². The van der Waals surface area contributed by atoms with E-state index in [1.165, 1.54) is 12.4 Å². The third-order valence-electron chi connectivity index (χ3n) is 2.51. The van der Waals surface area contributed by atoms with E-state index in [9.17, 15) is 9.59 Å². The van der Waals surface area contributed by atoms with Gasteiger partial charge in [0.05, 0.1) is 12.4 Å². The molecule has 7 heteroatoms. The Hall–Kier alpha value is -1.69. The molecule has 0 aliphatic carbocycles. The highest BCUT2D eigenvalue weighted by molar-refractivity contribution is 6.29. The molecule has 0 aliphatic rings. The average molecular weight is 286 g/mol. The standard InChI is InChI=1S/C12H16ClN3O3/c1-8(2)16(5-3-4-11(17)18)12(19)9-6-15-10(13)7-14-9/h6-8H,3-5H2,1-2H3,(H,17,18). The second-order valence-corrected chi connectivity index (χ2v) is 4.70. The van der Waals surface area contributed by atoms with E-state index < -0.39 is 5.97 Å². The Morgan fingerprint density at radius 1 is 1.37 bits per heavy atom. The fraction of sp³-hybridized carbons (Fsp3) is 0.500. The van der Waals surface area contributed by atoms with Crippen molar-refractivity contribution in [1.29, 1.82) is 0 Å². The lowest BCUT2D eigenvalue weighted by Gasteiger charge is -2.26. The summed E-state index contributed by atoms with van der Waals surface area (Å²) in [5.41, 5.74) is 0.202. The van der Waals surface area contributed by atoms with Crippen LogP contribution in [0.15, 0.2) is 12.4 Å². The lowest BCUT2D eigenvalue weighted by molar-refractivity contribution is -0.137. The van der Waals surface area contributed by atoms with Crippen LogP contribution in [-0.2, 0) is 4.79 Å². The van der Waals surface area contributed by atoms with Crippen molar-refractivity contribution < 1.29 is 14.7 Å². The smallest absolute Gasteiger partial charge is 0.303 e. The topological polar surface area (TPSA) is 83.4 Å². The number of hydrogen-bond acceptors (Lipinski definition) is 4. The van der Waals surface area contributed by atoms with Crippen LogP contribution in [0.4, 0.5) is 0 Å². The Labute approximate surface area is 116 Å². The summed E-state index contributed by atoms with van der Waals surface area (Å²) >= 11 is 5.61. The van der Waals surface area contributed by atoms with Crippen molar-refractivity contribution in [3.8, 4) is 0 Å².